The Morgan fingerprint density at radius 2 is 0.963 bits per heavy atom. The quantitative estimate of drug-likeness (QED) is 0.410. The zero-order valence-corrected chi connectivity index (χ0v) is 15.5. The van der Waals surface area contributed by atoms with Crippen molar-refractivity contribution in [3.8, 4) is 34.2 Å². The van der Waals surface area contributed by atoms with Crippen LogP contribution in [0.5, 0.6) is 0 Å². The largest absolute Gasteiger partial charge is 0.208 e. The predicted molar refractivity (Wildman–Crippen MR) is 104 cm³/mol. The van der Waals surface area contributed by atoms with Crippen molar-refractivity contribution < 1.29 is 8.78 Å². The zero-order valence-electron chi connectivity index (χ0n) is 13.9. The fraction of sp³-hybridized carbons (Fsp3) is 0. The molecule has 0 spiro atoms. The lowest BCUT2D eigenvalue weighted by atomic mass is 10.1. The first-order chi connectivity index (χ1) is 13.1. The van der Waals surface area contributed by atoms with Gasteiger partial charge in [-0.2, -0.15) is 0 Å². The van der Waals surface area contributed by atoms with Gasteiger partial charge in [0.2, 0.25) is 0 Å². The summed E-state index contributed by atoms with van der Waals surface area (Å²) in [6.07, 6.45) is 0. The minimum absolute atomic E-state index is 0.318. The molecular formula is C21H12BrF2N3. The maximum Gasteiger partial charge on any atom is 0.164 e. The Morgan fingerprint density at radius 1 is 0.556 bits per heavy atom. The standard InChI is InChI=1S/C21H12BrF2N3/c22-16-7-1-4-13(10-16)19-25-20(14-5-2-8-17(23)11-14)27-21(26-19)15-6-3-9-18(24)12-15/h1-12H. The summed E-state index contributed by atoms with van der Waals surface area (Å²) in [6.45, 7) is 0. The highest BCUT2D eigenvalue weighted by Gasteiger charge is 2.13. The van der Waals surface area contributed by atoms with Crippen molar-refractivity contribution in [1.82, 2.24) is 15.0 Å². The number of rotatable bonds is 3. The zero-order chi connectivity index (χ0) is 18.8. The second-order valence-electron chi connectivity index (χ2n) is 5.84. The molecule has 1 aromatic heterocycles. The Hall–Kier alpha value is -2.99. The summed E-state index contributed by atoms with van der Waals surface area (Å²) >= 11 is 3.44. The second-order valence-corrected chi connectivity index (χ2v) is 6.75. The molecule has 4 rings (SSSR count). The van der Waals surface area contributed by atoms with Crippen molar-refractivity contribution >= 4 is 15.9 Å². The van der Waals surface area contributed by atoms with Crippen LogP contribution in [-0.2, 0) is 0 Å². The van der Waals surface area contributed by atoms with Crippen LogP contribution in [0.25, 0.3) is 34.2 Å². The van der Waals surface area contributed by atoms with E-state index < -0.39 is 0 Å². The van der Waals surface area contributed by atoms with Crippen molar-refractivity contribution in [3.63, 3.8) is 0 Å². The molecule has 0 saturated heterocycles. The topological polar surface area (TPSA) is 38.7 Å². The fourth-order valence-electron chi connectivity index (χ4n) is 2.65. The van der Waals surface area contributed by atoms with E-state index in [1.165, 1.54) is 24.3 Å². The van der Waals surface area contributed by atoms with E-state index in [1.807, 2.05) is 24.3 Å². The number of hydrogen-bond acceptors (Lipinski definition) is 3. The van der Waals surface area contributed by atoms with Gasteiger partial charge in [-0.15, -0.1) is 0 Å². The van der Waals surface area contributed by atoms with Gasteiger partial charge in [0.15, 0.2) is 17.5 Å². The molecule has 0 aliphatic carbocycles. The van der Waals surface area contributed by atoms with Gasteiger partial charge >= 0.3 is 0 Å². The van der Waals surface area contributed by atoms with Crippen LogP contribution in [0.4, 0.5) is 8.78 Å². The first-order valence-corrected chi connectivity index (χ1v) is 8.92. The molecule has 3 nitrogen and oxygen atoms in total. The molecule has 0 fully saturated rings. The highest BCUT2D eigenvalue weighted by Crippen LogP contribution is 2.26. The fourth-order valence-corrected chi connectivity index (χ4v) is 3.05. The molecule has 3 aromatic carbocycles. The number of halogens is 3. The minimum atomic E-state index is -0.385. The smallest absolute Gasteiger partial charge is 0.164 e. The molecule has 4 aromatic rings. The van der Waals surface area contributed by atoms with Gasteiger partial charge in [0.25, 0.3) is 0 Å². The summed E-state index contributed by atoms with van der Waals surface area (Å²) in [5, 5.41) is 0. The molecule has 0 amide bonds. The van der Waals surface area contributed by atoms with Crippen LogP contribution in [0.3, 0.4) is 0 Å². The van der Waals surface area contributed by atoms with Gasteiger partial charge in [-0.25, -0.2) is 23.7 Å². The van der Waals surface area contributed by atoms with E-state index in [2.05, 4.69) is 30.9 Å². The van der Waals surface area contributed by atoms with E-state index in [0.29, 0.717) is 28.6 Å². The average Bonchev–Trinajstić information content (AvgIpc) is 2.68. The van der Waals surface area contributed by atoms with Crippen molar-refractivity contribution in [1.29, 1.82) is 0 Å². The van der Waals surface area contributed by atoms with Gasteiger partial charge in [-0.3, -0.25) is 0 Å². The van der Waals surface area contributed by atoms with Gasteiger partial charge in [0, 0.05) is 21.2 Å². The highest BCUT2D eigenvalue weighted by atomic mass is 79.9. The van der Waals surface area contributed by atoms with E-state index in [-0.39, 0.29) is 11.6 Å². The van der Waals surface area contributed by atoms with Crippen LogP contribution in [-0.4, -0.2) is 15.0 Å². The number of aromatic nitrogens is 3. The van der Waals surface area contributed by atoms with Gasteiger partial charge in [0.1, 0.15) is 11.6 Å². The first-order valence-electron chi connectivity index (χ1n) is 8.12. The van der Waals surface area contributed by atoms with Crippen LogP contribution < -0.4 is 0 Å². The van der Waals surface area contributed by atoms with E-state index in [4.69, 9.17) is 0 Å². The normalized spacial score (nSPS) is 10.8. The second kappa shape index (κ2) is 7.32. The van der Waals surface area contributed by atoms with E-state index in [1.54, 1.807) is 24.3 Å². The molecule has 0 aliphatic rings. The van der Waals surface area contributed by atoms with E-state index in [9.17, 15) is 8.78 Å². The molecule has 0 atom stereocenters. The van der Waals surface area contributed by atoms with Crippen molar-refractivity contribution in [2.45, 2.75) is 0 Å². The maximum atomic E-state index is 13.7. The van der Waals surface area contributed by atoms with Crippen molar-refractivity contribution in [2.24, 2.45) is 0 Å². The molecule has 0 saturated carbocycles. The molecule has 0 radical (unpaired) electrons. The molecule has 6 heteroatoms. The number of hydrogen-bond donors (Lipinski definition) is 0. The van der Waals surface area contributed by atoms with Gasteiger partial charge in [0.05, 0.1) is 0 Å². The third-order valence-electron chi connectivity index (χ3n) is 3.88. The molecule has 0 aliphatic heterocycles. The van der Waals surface area contributed by atoms with Crippen molar-refractivity contribution in [3.05, 3.63) is 88.9 Å². The third kappa shape index (κ3) is 3.90. The minimum Gasteiger partial charge on any atom is -0.208 e. The molecule has 27 heavy (non-hydrogen) atoms. The molecule has 0 N–H and O–H groups in total. The van der Waals surface area contributed by atoms with E-state index in [0.717, 1.165) is 10.0 Å². The monoisotopic (exact) mass is 423 g/mol. The Bertz CT molecular complexity index is 978. The molecular weight excluding hydrogens is 412 g/mol. The maximum absolute atomic E-state index is 13.7. The summed E-state index contributed by atoms with van der Waals surface area (Å²) in [5.74, 6) is 0.288. The summed E-state index contributed by atoms with van der Waals surface area (Å²) in [4.78, 5) is 13.4. The van der Waals surface area contributed by atoms with Crippen LogP contribution in [0.15, 0.2) is 77.3 Å². The lowest BCUT2D eigenvalue weighted by molar-refractivity contribution is 0.628. The highest BCUT2D eigenvalue weighted by molar-refractivity contribution is 9.10. The molecule has 1 heterocycles. The Balaban J connectivity index is 1.94. The molecule has 0 bridgehead atoms. The van der Waals surface area contributed by atoms with Crippen LogP contribution in [0.1, 0.15) is 0 Å². The van der Waals surface area contributed by atoms with Crippen LogP contribution >= 0.6 is 15.9 Å². The Kier molecular flexibility index (Phi) is 4.73. The summed E-state index contributed by atoms with van der Waals surface area (Å²) < 4.78 is 28.2. The lowest BCUT2D eigenvalue weighted by Gasteiger charge is -2.08. The lowest BCUT2D eigenvalue weighted by Crippen LogP contribution is -2.00. The van der Waals surface area contributed by atoms with Crippen LogP contribution in [0.2, 0.25) is 0 Å². The Morgan fingerprint density at radius 3 is 1.37 bits per heavy atom. The molecule has 0 unspecified atom stereocenters. The molecule has 132 valence electrons. The van der Waals surface area contributed by atoms with Gasteiger partial charge in [-0.1, -0.05) is 52.3 Å². The van der Waals surface area contributed by atoms with E-state index >= 15 is 0 Å². The van der Waals surface area contributed by atoms with Crippen molar-refractivity contribution in [2.75, 3.05) is 0 Å². The summed E-state index contributed by atoms with van der Waals surface area (Å²) in [6, 6.07) is 19.6. The predicted octanol–water partition coefficient (Wildman–Crippen LogP) is 5.91. The average molecular weight is 424 g/mol. The Labute approximate surface area is 162 Å². The van der Waals surface area contributed by atoms with Gasteiger partial charge in [-0.05, 0) is 36.4 Å². The number of benzene rings is 3. The van der Waals surface area contributed by atoms with Crippen LogP contribution in [0, 0.1) is 11.6 Å². The summed E-state index contributed by atoms with van der Waals surface area (Å²) in [7, 11) is 0. The summed E-state index contributed by atoms with van der Waals surface area (Å²) in [5.41, 5.74) is 1.81. The third-order valence-corrected chi connectivity index (χ3v) is 4.38. The van der Waals surface area contributed by atoms with Gasteiger partial charge < -0.3 is 0 Å². The first kappa shape index (κ1) is 17.4. The SMILES string of the molecule is Fc1cccc(-c2nc(-c3cccc(F)c3)nc(-c3cccc(Br)c3)n2)c1. The number of nitrogens with zero attached hydrogens (tertiary/aromatic N) is 3.